The number of esters is 1. The fourth-order valence-corrected chi connectivity index (χ4v) is 4.31. The van der Waals surface area contributed by atoms with E-state index in [1.54, 1.807) is 0 Å². The van der Waals surface area contributed by atoms with E-state index < -0.39 is 0 Å². The third-order valence-electron chi connectivity index (χ3n) is 4.99. The van der Waals surface area contributed by atoms with Crippen molar-refractivity contribution in [3.63, 3.8) is 0 Å². The highest BCUT2D eigenvalue weighted by molar-refractivity contribution is 7.13. The number of ether oxygens (including phenoxy) is 1. The van der Waals surface area contributed by atoms with Gasteiger partial charge in [0.1, 0.15) is 0 Å². The lowest BCUT2D eigenvalue weighted by atomic mass is 9.65. The number of nitrogens with one attached hydrogen (secondary N) is 1. The second kappa shape index (κ2) is 8.13. The molecule has 5 nitrogen and oxygen atoms in total. The molecule has 3 atom stereocenters. The average molecular weight is 365 g/mol. The number of thiazole rings is 1. The number of carbonyl (C=O) groups excluding carboxylic acids is 2. The molecule has 1 aliphatic carbocycles. The number of allylic oxidation sites excluding steroid dienone is 1. The first-order chi connectivity index (χ1) is 11.7. The minimum atomic E-state index is -0.325. The topological polar surface area (TPSA) is 68.3 Å². The first kappa shape index (κ1) is 19.6. The van der Waals surface area contributed by atoms with Gasteiger partial charge >= 0.3 is 5.97 Å². The molecule has 1 aromatic heterocycles. The van der Waals surface area contributed by atoms with E-state index in [1.807, 2.05) is 11.5 Å². The Morgan fingerprint density at radius 2 is 2.08 bits per heavy atom. The molecule has 0 spiro atoms. The van der Waals surface area contributed by atoms with Gasteiger partial charge in [-0.1, -0.05) is 26.8 Å². The Morgan fingerprint density at radius 3 is 2.68 bits per heavy atom. The van der Waals surface area contributed by atoms with E-state index in [-0.39, 0.29) is 29.1 Å². The van der Waals surface area contributed by atoms with Crippen LogP contribution in [0.3, 0.4) is 0 Å². The third-order valence-corrected chi connectivity index (χ3v) is 5.77. The van der Waals surface area contributed by atoms with Crippen molar-refractivity contribution in [3.8, 4) is 0 Å². The fraction of sp³-hybridized carbons (Fsp3) is 0.632. The van der Waals surface area contributed by atoms with Crippen LogP contribution in [0.25, 0.3) is 0 Å². The van der Waals surface area contributed by atoms with Crippen molar-refractivity contribution in [1.82, 2.24) is 4.98 Å². The minimum Gasteiger partial charge on any atom is -0.466 e. The highest BCUT2D eigenvalue weighted by Gasteiger charge is 2.36. The van der Waals surface area contributed by atoms with Gasteiger partial charge in [-0.25, -0.2) is 9.78 Å². The average Bonchev–Trinajstić information content (AvgIpc) is 2.99. The van der Waals surface area contributed by atoms with Gasteiger partial charge in [-0.2, -0.15) is 0 Å². The molecule has 1 unspecified atom stereocenters. The first-order valence-electron chi connectivity index (χ1n) is 8.70. The number of hydrogen-bond donors (Lipinski definition) is 1. The maximum atomic E-state index is 11.5. The van der Waals surface area contributed by atoms with Gasteiger partial charge in [0.25, 0.3) is 0 Å². The summed E-state index contributed by atoms with van der Waals surface area (Å²) in [6.45, 7) is 8.33. The molecule has 1 aliphatic rings. The van der Waals surface area contributed by atoms with E-state index in [2.05, 4.69) is 31.1 Å². The smallest absolute Gasteiger partial charge is 0.330 e. The number of rotatable bonds is 4. The summed E-state index contributed by atoms with van der Waals surface area (Å²) < 4.78 is 4.72. The quantitative estimate of drug-likeness (QED) is 0.636. The monoisotopic (exact) mass is 364 g/mol. The molecule has 1 fully saturated rings. The highest BCUT2D eigenvalue weighted by atomic mass is 32.1. The zero-order valence-corrected chi connectivity index (χ0v) is 16.5. The first-order valence-corrected chi connectivity index (χ1v) is 9.58. The lowest BCUT2D eigenvalue weighted by molar-refractivity contribution is -0.134. The second-order valence-corrected chi connectivity index (χ2v) is 8.65. The standard InChI is InChI=1S/C19H28N2O3S/c1-12(22)20-18-21-16(11-25-18)15-10-14(19(2,3)4)8-6-13(15)7-9-17(23)24-5/h7,9,11,13-15H,6,8,10H2,1-5H3,(H,20,21,22)/t13?,14-,15+/m0/s1. The fourth-order valence-electron chi connectivity index (χ4n) is 3.49. The van der Waals surface area contributed by atoms with Crippen molar-refractivity contribution in [3.05, 3.63) is 23.2 Å². The van der Waals surface area contributed by atoms with Crippen LogP contribution in [0.4, 0.5) is 5.13 Å². The van der Waals surface area contributed by atoms with Crippen LogP contribution in [0.15, 0.2) is 17.5 Å². The molecule has 1 aromatic rings. The molecule has 1 saturated carbocycles. The molecule has 138 valence electrons. The van der Waals surface area contributed by atoms with E-state index in [4.69, 9.17) is 4.74 Å². The zero-order chi connectivity index (χ0) is 18.6. The molecular weight excluding hydrogens is 336 g/mol. The number of hydrogen-bond acceptors (Lipinski definition) is 5. The molecule has 25 heavy (non-hydrogen) atoms. The summed E-state index contributed by atoms with van der Waals surface area (Å²) >= 11 is 1.45. The van der Waals surface area contributed by atoms with Crippen molar-refractivity contribution in [1.29, 1.82) is 0 Å². The Hall–Kier alpha value is -1.69. The molecule has 6 heteroatoms. The van der Waals surface area contributed by atoms with E-state index in [1.165, 1.54) is 31.4 Å². The van der Waals surface area contributed by atoms with Gasteiger partial charge in [0.05, 0.1) is 12.8 Å². The van der Waals surface area contributed by atoms with Gasteiger partial charge < -0.3 is 10.1 Å². The Labute approximate surface area is 153 Å². The summed E-state index contributed by atoms with van der Waals surface area (Å²) in [5, 5.41) is 5.42. The summed E-state index contributed by atoms with van der Waals surface area (Å²) in [6.07, 6.45) is 6.68. The van der Waals surface area contributed by atoms with Crippen LogP contribution in [-0.2, 0) is 14.3 Å². The minimum absolute atomic E-state index is 0.112. The molecule has 0 bridgehead atoms. The van der Waals surface area contributed by atoms with Crippen LogP contribution in [0.5, 0.6) is 0 Å². The normalized spacial score (nSPS) is 24.3. The molecular formula is C19H28N2O3S. The van der Waals surface area contributed by atoms with Crippen LogP contribution in [0.1, 0.15) is 58.6 Å². The third kappa shape index (κ3) is 5.39. The van der Waals surface area contributed by atoms with Gasteiger partial charge in [0, 0.05) is 24.3 Å². The number of methoxy groups -OCH3 is 1. The Bertz CT molecular complexity index is 645. The van der Waals surface area contributed by atoms with Crippen LogP contribution >= 0.6 is 11.3 Å². The van der Waals surface area contributed by atoms with Crippen molar-refractivity contribution in [2.75, 3.05) is 12.4 Å². The number of nitrogens with zero attached hydrogens (tertiary/aromatic N) is 1. The predicted octanol–water partition coefficient (Wildman–Crippen LogP) is 4.38. The molecule has 0 saturated heterocycles. The van der Waals surface area contributed by atoms with E-state index >= 15 is 0 Å². The van der Waals surface area contributed by atoms with Crippen molar-refractivity contribution in [2.24, 2.45) is 17.3 Å². The maximum Gasteiger partial charge on any atom is 0.330 e. The molecule has 2 rings (SSSR count). The SMILES string of the molecule is COC(=O)C=CC1CC[C@H](C(C)(C)C)C[C@H]1c1csc(NC(C)=O)n1. The van der Waals surface area contributed by atoms with E-state index in [9.17, 15) is 9.59 Å². The summed E-state index contributed by atoms with van der Waals surface area (Å²) in [5.74, 6) is 0.668. The van der Waals surface area contributed by atoms with Crippen LogP contribution in [0.2, 0.25) is 0 Å². The molecule has 0 aromatic carbocycles. The van der Waals surface area contributed by atoms with Gasteiger partial charge in [-0.05, 0) is 36.5 Å². The second-order valence-electron chi connectivity index (χ2n) is 7.79. The van der Waals surface area contributed by atoms with Crippen molar-refractivity contribution >= 4 is 28.3 Å². The zero-order valence-electron chi connectivity index (χ0n) is 15.7. The largest absolute Gasteiger partial charge is 0.466 e. The van der Waals surface area contributed by atoms with Gasteiger partial charge in [-0.3, -0.25) is 4.79 Å². The molecule has 1 heterocycles. The van der Waals surface area contributed by atoms with Crippen LogP contribution < -0.4 is 5.32 Å². The lowest BCUT2D eigenvalue weighted by Crippen LogP contribution is -2.30. The highest BCUT2D eigenvalue weighted by Crippen LogP contribution is 2.47. The summed E-state index contributed by atoms with van der Waals surface area (Å²) in [5.41, 5.74) is 1.24. The molecule has 1 N–H and O–H groups in total. The number of carbonyl (C=O) groups is 2. The number of aromatic nitrogens is 1. The van der Waals surface area contributed by atoms with Crippen molar-refractivity contribution in [2.45, 2.75) is 52.9 Å². The summed E-state index contributed by atoms with van der Waals surface area (Å²) in [4.78, 5) is 27.4. The molecule has 0 radical (unpaired) electrons. The molecule has 0 aliphatic heterocycles. The van der Waals surface area contributed by atoms with Crippen LogP contribution in [0, 0.1) is 17.3 Å². The number of amides is 1. The Kier molecular flexibility index (Phi) is 6.38. The Morgan fingerprint density at radius 1 is 1.36 bits per heavy atom. The van der Waals surface area contributed by atoms with Crippen LogP contribution in [-0.4, -0.2) is 24.0 Å². The number of anilines is 1. The maximum absolute atomic E-state index is 11.5. The van der Waals surface area contributed by atoms with Crippen molar-refractivity contribution < 1.29 is 14.3 Å². The summed E-state index contributed by atoms with van der Waals surface area (Å²) in [7, 11) is 1.39. The molecule has 1 amide bonds. The predicted molar refractivity (Wildman–Crippen MR) is 101 cm³/mol. The van der Waals surface area contributed by atoms with Gasteiger partial charge in [-0.15, -0.1) is 11.3 Å². The van der Waals surface area contributed by atoms with E-state index in [0.29, 0.717) is 11.0 Å². The van der Waals surface area contributed by atoms with Gasteiger partial charge in [0.15, 0.2) is 5.13 Å². The summed E-state index contributed by atoms with van der Waals surface area (Å²) in [6, 6.07) is 0. The van der Waals surface area contributed by atoms with Gasteiger partial charge in [0.2, 0.25) is 5.91 Å². The van der Waals surface area contributed by atoms with E-state index in [0.717, 1.165) is 25.0 Å². The lowest BCUT2D eigenvalue weighted by Gasteiger charge is -2.40. The Balaban J connectivity index is 2.24.